The predicted octanol–water partition coefficient (Wildman–Crippen LogP) is 13.4. The molecule has 0 saturated heterocycles. The van der Waals surface area contributed by atoms with Gasteiger partial charge < -0.3 is 4.42 Å². The van der Waals surface area contributed by atoms with Crippen molar-refractivity contribution >= 4 is 21.9 Å². The third-order valence-corrected chi connectivity index (χ3v) is 10.2. The molecular weight excluding hydrogens is 671 g/mol. The monoisotopic (exact) mass is 703 g/mol. The second-order valence-electron chi connectivity index (χ2n) is 13.7. The highest BCUT2D eigenvalue weighted by Crippen LogP contribution is 2.38. The number of rotatable bonds is 7. The maximum atomic E-state index is 6.21. The van der Waals surface area contributed by atoms with E-state index < -0.39 is 0 Å². The van der Waals surface area contributed by atoms with Crippen LogP contribution in [0.15, 0.2) is 205 Å². The molecule has 0 spiro atoms. The van der Waals surface area contributed by atoms with Gasteiger partial charge in [0, 0.05) is 45.4 Å². The van der Waals surface area contributed by atoms with Gasteiger partial charge in [0.15, 0.2) is 5.82 Å². The first-order chi connectivity index (χ1) is 27.2. The molecule has 258 valence electrons. The topological polar surface area (TPSA) is 51.8 Å². The van der Waals surface area contributed by atoms with E-state index in [1.54, 1.807) is 6.20 Å². The van der Waals surface area contributed by atoms with Crippen LogP contribution in [-0.2, 0) is 0 Å². The molecule has 4 nitrogen and oxygen atoms in total. The van der Waals surface area contributed by atoms with Gasteiger partial charge in [-0.15, -0.1) is 0 Å². The van der Waals surface area contributed by atoms with Gasteiger partial charge in [-0.05, 0) is 99.6 Å². The molecule has 0 aliphatic rings. The van der Waals surface area contributed by atoms with Crippen LogP contribution in [-0.4, -0.2) is 15.0 Å². The fourth-order valence-corrected chi connectivity index (χ4v) is 7.37. The van der Waals surface area contributed by atoms with E-state index in [2.05, 4.69) is 157 Å². The molecule has 0 radical (unpaired) electrons. The molecule has 55 heavy (non-hydrogen) atoms. The van der Waals surface area contributed by atoms with Crippen molar-refractivity contribution in [3.05, 3.63) is 200 Å². The number of aromatic nitrogens is 3. The summed E-state index contributed by atoms with van der Waals surface area (Å²) < 4.78 is 6.21. The molecule has 0 saturated carbocycles. The van der Waals surface area contributed by atoms with Gasteiger partial charge in [0.05, 0.1) is 11.4 Å². The summed E-state index contributed by atoms with van der Waals surface area (Å²) in [5.41, 5.74) is 15.3. The Morgan fingerprint density at radius 3 is 1.58 bits per heavy atom. The van der Waals surface area contributed by atoms with Crippen molar-refractivity contribution in [1.29, 1.82) is 0 Å². The van der Waals surface area contributed by atoms with Gasteiger partial charge in [0.25, 0.3) is 0 Å². The quantitative estimate of drug-likeness (QED) is 0.166. The summed E-state index contributed by atoms with van der Waals surface area (Å²) in [5, 5.41) is 2.20. The lowest BCUT2D eigenvalue weighted by atomic mass is 9.92. The number of hydrogen-bond acceptors (Lipinski definition) is 4. The minimum Gasteiger partial charge on any atom is -0.456 e. The summed E-state index contributed by atoms with van der Waals surface area (Å²) in [6, 6.07) is 65.6. The van der Waals surface area contributed by atoms with Crippen LogP contribution in [0.4, 0.5) is 0 Å². The van der Waals surface area contributed by atoms with Gasteiger partial charge in [-0.3, -0.25) is 4.98 Å². The Balaban J connectivity index is 1.18. The normalized spacial score (nSPS) is 11.3. The summed E-state index contributed by atoms with van der Waals surface area (Å²) in [5.74, 6) is 0.671. The SMILES string of the molecule is c1ccc(-c2cccc(-c3cc(-c4ccc5oc6ccccc6c5c4)cc(-c4cc(-c5cccc(-c6cccnc6)c5)nc(-c5ccccc5)n4)c3)c2)cc1. The Bertz CT molecular complexity index is 2970. The van der Waals surface area contributed by atoms with Crippen LogP contribution in [0.3, 0.4) is 0 Å². The second kappa shape index (κ2) is 13.8. The Morgan fingerprint density at radius 2 is 0.836 bits per heavy atom. The molecule has 0 atom stereocenters. The first-order valence-electron chi connectivity index (χ1n) is 18.4. The zero-order valence-electron chi connectivity index (χ0n) is 29.8. The van der Waals surface area contributed by atoms with E-state index in [1.807, 2.05) is 42.6 Å². The molecule has 0 bridgehead atoms. The summed E-state index contributed by atoms with van der Waals surface area (Å²) in [7, 11) is 0. The van der Waals surface area contributed by atoms with Crippen molar-refractivity contribution in [3.63, 3.8) is 0 Å². The predicted molar refractivity (Wildman–Crippen MR) is 225 cm³/mol. The molecule has 0 N–H and O–H groups in total. The fourth-order valence-electron chi connectivity index (χ4n) is 7.37. The lowest BCUT2D eigenvalue weighted by molar-refractivity contribution is 0.669. The standard InChI is InChI=1S/C51H33N3O/c1-3-12-34(13-4-1)36-16-9-18-38(26-36)42-28-43(39-23-24-50-46(31-39)45-21-7-8-22-49(45)55-50)30-44(29-42)48-32-47(53-51(54-48)35-14-5-2-6-15-35)40-19-10-17-37(27-40)41-20-11-25-52-33-41/h1-33H. The zero-order valence-corrected chi connectivity index (χ0v) is 29.8. The highest BCUT2D eigenvalue weighted by molar-refractivity contribution is 6.06. The van der Waals surface area contributed by atoms with Gasteiger partial charge in [0.1, 0.15) is 11.2 Å². The van der Waals surface area contributed by atoms with Crippen molar-refractivity contribution in [2.24, 2.45) is 0 Å². The number of furan rings is 1. The largest absolute Gasteiger partial charge is 0.456 e. The smallest absolute Gasteiger partial charge is 0.160 e. The summed E-state index contributed by atoms with van der Waals surface area (Å²) >= 11 is 0. The van der Waals surface area contributed by atoms with Crippen LogP contribution in [0.5, 0.6) is 0 Å². The summed E-state index contributed by atoms with van der Waals surface area (Å²) in [6.45, 7) is 0. The van der Waals surface area contributed by atoms with E-state index in [0.29, 0.717) is 5.82 Å². The second-order valence-corrected chi connectivity index (χ2v) is 13.7. The molecule has 0 aliphatic heterocycles. The maximum Gasteiger partial charge on any atom is 0.160 e. The van der Waals surface area contributed by atoms with E-state index in [4.69, 9.17) is 14.4 Å². The first-order valence-corrected chi connectivity index (χ1v) is 18.4. The molecule has 0 fully saturated rings. The number of benzene rings is 7. The van der Waals surface area contributed by atoms with Crippen molar-refractivity contribution in [1.82, 2.24) is 15.0 Å². The van der Waals surface area contributed by atoms with E-state index >= 15 is 0 Å². The van der Waals surface area contributed by atoms with Crippen molar-refractivity contribution < 1.29 is 4.42 Å². The minimum atomic E-state index is 0.671. The Morgan fingerprint density at radius 1 is 0.309 bits per heavy atom. The number of para-hydroxylation sites is 1. The van der Waals surface area contributed by atoms with Crippen LogP contribution in [0.2, 0.25) is 0 Å². The van der Waals surface area contributed by atoms with E-state index in [9.17, 15) is 0 Å². The van der Waals surface area contributed by atoms with Crippen LogP contribution >= 0.6 is 0 Å². The zero-order chi connectivity index (χ0) is 36.6. The highest BCUT2D eigenvalue weighted by Gasteiger charge is 2.16. The number of fused-ring (bicyclic) bond motifs is 3. The number of nitrogens with zero attached hydrogens (tertiary/aromatic N) is 3. The summed E-state index contributed by atoms with van der Waals surface area (Å²) in [4.78, 5) is 14.8. The molecule has 3 heterocycles. The van der Waals surface area contributed by atoms with Gasteiger partial charge in [-0.2, -0.15) is 0 Å². The van der Waals surface area contributed by atoms with Gasteiger partial charge in [-0.25, -0.2) is 9.97 Å². The van der Waals surface area contributed by atoms with E-state index in [1.165, 1.54) is 11.1 Å². The summed E-state index contributed by atoms with van der Waals surface area (Å²) in [6.07, 6.45) is 3.69. The number of hydrogen-bond donors (Lipinski definition) is 0. The van der Waals surface area contributed by atoms with Crippen molar-refractivity contribution in [3.8, 4) is 78.4 Å². The van der Waals surface area contributed by atoms with Crippen LogP contribution in [0.25, 0.3) is 100 Å². The lowest BCUT2D eigenvalue weighted by Gasteiger charge is -2.14. The van der Waals surface area contributed by atoms with Gasteiger partial charge in [-0.1, -0.05) is 127 Å². The van der Waals surface area contributed by atoms with Gasteiger partial charge in [0.2, 0.25) is 0 Å². The number of pyridine rings is 1. The van der Waals surface area contributed by atoms with Gasteiger partial charge >= 0.3 is 0 Å². The van der Waals surface area contributed by atoms with E-state index in [0.717, 1.165) is 83.4 Å². The molecule has 0 unspecified atom stereocenters. The minimum absolute atomic E-state index is 0.671. The Kier molecular flexibility index (Phi) is 8.12. The average molecular weight is 704 g/mol. The third-order valence-electron chi connectivity index (χ3n) is 10.2. The Hall–Kier alpha value is -7.43. The molecule has 0 amide bonds. The fraction of sp³-hybridized carbons (Fsp3) is 0. The molecule has 7 aromatic carbocycles. The maximum absolute atomic E-state index is 6.21. The molecule has 4 heteroatoms. The van der Waals surface area contributed by atoms with Crippen LogP contribution in [0.1, 0.15) is 0 Å². The van der Waals surface area contributed by atoms with Crippen molar-refractivity contribution in [2.45, 2.75) is 0 Å². The molecule has 0 aliphatic carbocycles. The van der Waals surface area contributed by atoms with Crippen LogP contribution < -0.4 is 0 Å². The molecular formula is C51H33N3O. The van der Waals surface area contributed by atoms with Crippen molar-refractivity contribution in [2.75, 3.05) is 0 Å². The average Bonchev–Trinajstić information content (AvgIpc) is 3.65. The van der Waals surface area contributed by atoms with E-state index in [-0.39, 0.29) is 0 Å². The molecule has 10 aromatic rings. The molecule has 3 aromatic heterocycles. The Labute approximate surface area is 319 Å². The first kappa shape index (κ1) is 32.2. The third kappa shape index (κ3) is 6.36. The molecule has 10 rings (SSSR count). The van der Waals surface area contributed by atoms with Crippen LogP contribution in [0, 0.1) is 0 Å². The lowest BCUT2D eigenvalue weighted by Crippen LogP contribution is -1.97. The highest BCUT2D eigenvalue weighted by atomic mass is 16.3.